The molecule has 0 saturated carbocycles. The zero-order chi connectivity index (χ0) is 13.1. The number of benzene rings is 1. The number of carbonyl (C=O) groups is 2. The van der Waals surface area contributed by atoms with Crippen molar-refractivity contribution in [3.8, 4) is 0 Å². The fourth-order valence-electron chi connectivity index (χ4n) is 2.27. The number of rotatable bonds is 4. The largest absolute Gasteiger partial charge is 0.479 e. The van der Waals surface area contributed by atoms with E-state index in [1.807, 2.05) is 6.07 Å². The number of hydrogen-bond acceptors (Lipinski definition) is 3. The summed E-state index contributed by atoms with van der Waals surface area (Å²) in [6, 6.07) is 7.97. The molecule has 2 unspecified atom stereocenters. The van der Waals surface area contributed by atoms with Gasteiger partial charge in [0.05, 0.1) is 0 Å². The quantitative estimate of drug-likeness (QED) is 0.813. The van der Waals surface area contributed by atoms with Crippen molar-refractivity contribution in [1.29, 1.82) is 0 Å². The topological polar surface area (TPSA) is 57.6 Å². The van der Waals surface area contributed by atoms with Crippen LogP contribution in [0.3, 0.4) is 0 Å². The Morgan fingerprint density at radius 3 is 2.61 bits per heavy atom. The molecule has 1 aromatic carbocycles. The van der Waals surface area contributed by atoms with E-state index in [-0.39, 0.29) is 11.8 Å². The second-order valence-corrected chi connectivity index (χ2v) is 4.82. The van der Waals surface area contributed by atoms with E-state index in [9.17, 15) is 14.7 Å². The molecule has 0 spiro atoms. The highest BCUT2D eigenvalue weighted by molar-refractivity contribution is 7.80. The van der Waals surface area contributed by atoms with Crippen LogP contribution in [0.4, 0.5) is 0 Å². The number of aliphatic carboxylic acids is 1. The van der Waals surface area contributed by atoms with Gasteiger partial charge >= 0.3 is 5.97 Å². The van der Waals surface area contributed by atoms with Crippen LogP contribution in [0.2, 0.25) is 0 Å². The summed E-state index contributed by atoms with van der Waals surface area (Å²) >= 11 is 4.18. The Balaban J connectivity index is 2.27. The molecule has 0 bridgehead atoms. The molecule has 2 rings (SSSR count). The molecule has 1 heterocycles. The van der Waals surface area contributed by atoms with E-state index in [1.165, 1.54) is 4.90 Å². The summed E-state index contributed by atoms with van der Waals surface area (Å²) in [6.45, 7) is 0.466. The highest BCUT2D eigenvalue weighted by atomic mass is 32.1. The number of nitrogens with zero attached hydrogens (tertiary/aromatic N) is 1. The molecule has 0 aliphatic carbocycles. The third-order valence-electron chi connectivity index (χ3n) is 3.16. The van der Waals surface area contributed by atoms with E-state index in [0.717, 1.165) is 0 Å². The van der Waals surface area contributed by atoms with Crippen LogP contribution in [0, 0.1) is 5.92 Å². The Hall–Kier alpha value is -1.49. The van der Waals surface area contributed by atoms with Crippen molar-refractivity contribution in [1.82, 2.24) is 4.90 Å². The molecule has 0 radical (unpaired) electrons. The van der Waals surface area contributed by atoms with Crippen LogP contribution in [0.1, 0.15) is 18.0 Å². The van der Waals surface area contributed by atoms with Gasteiger partial charge in [0.2, 0.25) is 5.91 Å². The maximum Gasteiger partial charge on any atom is 0.331 e. The van der Waals surface area contributed by atoms with Gasteiger partial charge in [-0.25, -0.2) is 4.79 Å². The highest BCUT2D eigenvalue weighted by Crippen LogP contribution is 2.29. The van der Waals surface area contributed by atoms with Crippen LogP contribution in [-0.2, 0) is 9.59 Å². The van der Waals surface area contributed by atoms with Gasteiger partial charge in [0, 0.05) is 13.0 Å². The monoisotopic (exact) mass is 265 g/mol. The van der Waals surface area contributed by atoms with Gasteiger partial charge in [-0.15, -0.1) is 0 Å². The fourth-order valence-corrected chi connectivity index (χ4v) is 2.52. The number of hydrogen-bond donors (Lipinski definition) is 2. The van der Waals surface area contributed by atoms with Gasteiger partial charge in [-0.05, 0) is 17.2 Å². The lowest BCUT2D eigenvalue weighted by atomic mass is 10.1. The second kappa shape index (κ2) is 5.44. The van der Waals surface area contributed by atoms with Gasteiger partial charge < -0.3 is 10.0 Å². The number of carbonyl (C=O) groups excluding carboxylic acids is 1. The number of thiol groups is 1. The lowest BCUT2D eigenvalue weighted by Gasteiger charge is -2.25. The number of likely N-dealkylation sites (tertiary alicyclic amines) is 1. The van der Waals surface area contributed by atoms with Crippen LogP contribution in [0.25, 0.3) is 0 Å². The number of carboxylic acids is 1. The van der Waals surface area contributed by atoms with E-state index < -0.39 is 12.0 Å². The lowest BCUT2D eigenvalue weighted by Crippen LogP contribution is -2.35. The van der Waals surface area contributed by atoms with Crippen molar-refractivity contribution < 1.29 is 14.7 Å². The van der Waals surface area contributed by atoms with Gasteiger partial charge in [-0.1, -0.05) is 30.3 Å². The first-order valence-electron chi connectivity index (χ1n) is 5.81. The molecule has 1 aliphatic heterocycles. The average molecular weight is 265 g/mol. The molecule has 5 heteroatoms. The first kappa shape index (κ1) is 13.0. The van der Waals surface area contributed by atoms with E-state index in [1.54, 1.807) is 24.3 Å². The number of carboxylic acid groups (broad SMARTS) is 1. The van der Waals surface area contributed by atoms with E-state index >= 15 is 0 Å². The third kappa shape index (κ3) is 2.51. The van der Waals surface area contributed by atoms with Gasteiger partial charge in [-0.3, -0.25) is 4.79 Å². The Morgan fingerprint density at radius 1 is 1.44 bits per heavy atom. The van der Waals surface area contributed by atoms with Crippen molar-refractivity contribution in [2.24, 2.45) is 5.92 Å². The van der Waals surface area contributed by atoms with Gasteiger partial charge in [0.15, 0.2) is 6.04 Å². The van der Waals surface area contributed by atoms with Crippen molar-refractivity contribution in [3.05, 3.63) is 35.9 Å². The summed E-state index contributed by atoms with van der Waals surface area (Å²) in [7, 11) is 0. The molecule has 4 nitrogen and oxygen atoms in total. The maximum absolute atomic E-state index is 11.9. The average Bonchev–Trinajstić information content (AvgIpc) is 2.72. The molecule has 2 atom stereocenters. The minimum atomic E-state index is -0.991. The van der Waals surface area contributed by atoms with Crippen molar-refractivity contribution in [3.63, 3.8) is 0 Å². The van der Waals surface area contributed by atoms with E-state index in [2.05, 4.69) is 12.6 Å². The van der Waals surface area contributed by atoms with Crippen LogP contribution < -0.4 is 0 Å². The molecule has 18 heavy (non-hydrogen) atoms. The highest BCUT2D eigenvalue weighted by Gasteiger charge is 2.37. The summed E-state index contributed by atoms with van der Waals surface area (Å²) < 4.78 is 0. The van der Waals surface area contributed by atoms with Crippen LogP contribution in [0.15, 0.2) is 30.3 Å². The zero-order valence-corrected chi connectivity index (χ0v) is 10.7. The SMILES string of the molecule is O=C(O)C(c1ccccc1)N1CC(CS)CC1=O. The zero-order valence-electron chi connectivity index (χ0n) is 9.82. The maximum atomic E-state index is 11.9. The second-order valence-electron chi connectivity index (χ2n) is 4.45. The molecule has 1 aliphatic rings. The normalized spacial score (nSPS) is 21.1. The van der Waals surface area contributed by atoms with Crippen molar-refractivity contribution in [2.45, 2.75) is 12.5 Å². The fraction of sp³-hybridized carbons (Fsp3) is 0.385. The summed E-state index contributed by atoms with van der Waals surface area (Å²) in [5.41, 5.74) is 0.637. The molecular formula is C13H15NO3S. The molecular weight excluding hydrogens is 250 g/mol. The lowest BCUT2D eigenvalue weighted by molar-refractivity contribution is -0.148. The third-order valence-corrected chi connectivity index (χ3v) is 3.67. The van der Waals surface area contributed by atoms with Crippen molar-refractivity contribution in [2.75, 3.05) is 12.3 Å². The standard InChI is InChI=1S/C13H15NO3S/c15-11-6-9(8-18)7-14(11)12(13(16)17)10-4-2-1-3-5-10/h1-5,9,12,18H,6-8H2,(H,16,17). The molecule has 1 N–H and O–H groups in total. The Bertz CT molecular complexity index is 449. The summed E-state index contributed by atoms with van der Waals surface area (Å²) in [5.74, 6) is -0.352. The summed E-state index contributed by atoms with van der Waals surface area (Å²) in [5, 5.41) is 9.35. The van der Waals surface area contributed by atoms with Gasteiger partial charge in [0.1, 0.15) is 0 Å². The molecule has 1 fully saturated rings. The van der Waals surface area contributed by atoms with E-state index in [0.29, 0.717) is 24.3 Å². The van der Waals surface area contributed by atoms with E-state index in [4.69, 9.17) is 0 Å². The smallest absolute Gasteiger partial charge is 0.331 e. The molecule has 96 valence electrons. The summed E-state index contributed by atoms with van der Waals surface area (Å²) in [6.07, 6.45) is 0.389. The molecule has 1 amide bonds. The summed E-state index contributed by atoms with van der Waals surface area (Å²) in [4.78, 5) is 24.7. The van der Waals surface area contributed by atoms with Crippen LogP contribution >= 0.6 is 12.6 Å². The Morgan fingerprint density at radius 2 is 2.11 bits per heavy atom. The number of amides is 1. The predicted molar refractivity (Wildman–Crippen MR) is 70.5 cm³/mol. The molecule has 1 aromatic rings. The molecule has 0 aromatic heterocycles. The van der Waals surface area contributed by atoms with Gasteiger partial charge in [-0.2, -0.15) is 12.6 Å². The van der Waals surface area contributed by atoms with Crippen LogP contribution in [0.5, 0.6) is 0 Å². The first-order valence-corrected chi connectivity index (χ1v) is 6.44. The van der Waals surface area contributed by atoms with Crippen LogP contribution in [-0.4, -0.2) is 34.2 Å². The Kier molecular flexibility index (Phi) is 3.91. The first-order chi connectivity index (χ1) is 8.63. The van der Waals surface area contributed by atoms with Crippen molar-refractivity contribution >= 4 is 24.5 Å². The Labute approximate surface area is 111 Å². The molecule has 1 saturated heterocycles. The van der Waals surface area contributed by atoms with Gasteiger partial charge in [0.25, 0.3) is 0 Å². The predicted octanol–water partition coefficient (Wildman–Crippen LogP) is 1.59. The minimum Gasteiger partial charge on any atom is -0.479 e. The minimum absolute atomic E-state index is 0.106.